The van der Waals surface area contributed by atoms with Crippen LogP contribution in [0.1, 0.15) is 46.0 Å². The van der Waals surface area contributed by atoms with E-state index in [0.717, 1.165) is 25.3 Å². The van der Waals surface area contributed by atoms with Crippen molar-refractivity contribution in [2.24, 2.45) is 0 Å². The van der Waals surface area contributed by atoms with Gasteiger partial charge in [-0.15, -0.1) is 0 Å². The van der Waals surface area contributed by atoms with E-state index in [2.05, 4.69) is 42.6 Å². The molecule has 0 aliphatic rings. The van der Waals surface area contributed by atoms with E-state index in [1.54, 1.807) is 0 Å². The van der Waals surface area contributed by atoms with E-state index in [4.69, 9.17) is 4.74 Å². The molecule has 4 nitrogen and oxygen atoms in total. The van der Waals surface area contributed by atoms with E-state index in [1.165, 1.54) is 0 Å². The van der Waals surface area contributed by atoms with E-state index >= 15 is 0 Å². The van der Waals surface area contributed by atoms with Gasteiger partial charge < -0.3 is 14.6 Å². The fourth-order valence-corrected chi connectivity index (χ4v) is 1.82. The van der Waals surface area contributed by atoms with Gasteiger partial charge in [0.2, 0.25) is 0 Å². The standard InChI is InChI=1S/C13H25N3O/c1-5-8-16-9-7-15-13(16)12(14-6-2)10-17-11(3)4/h7,9,11-12,14H,5-6,8,10H2,1-4H3. The molecule has 1 atom stereocenters. The summed E-state index contributed by atoms with van der Waals surface area (Å²) in [5.74, 6) is 1.08. The van der Waals surface area contributed by atoms with E-state index in [9.17, 15) is 0 Å². The molecule has 1 N–H and O–H groups in total. The summed E-state index contributed by atoms with van der Waals surface area (Å²) in [6.07, 6.45) is 5.28. The van der Waals surface area contributed by atoms with Crippen LogP contribution in [0.3, 0.4) is 0 Å². The molecule has 0 saturated heterocycles. The fourth-order valence-electron chi connectivity index (χ4n) is 1.82. The van der Waals surface area contributed by atoms with Crippen LogP contribution in [0, 0.1) is 0 Å². The Bertz CT molecular complexity index is 309. The van der Waals surface area contributed by atoms with E-state index in [-0.39, 0.29) is 12.1 Å². The highest BCUT2D eigenvalue weighted by Gasteiger charge is 2.16. The van der Waals surface area contributed by atoms with Crippen molar-refractivity contribution in [1.29, 1.82) is 0 Å². The summed E-state index contributed by atoms with van der Waals surface area (Å²) in [5, 5.41) is 3.43. The van der Waals surface area contributed by atoms with Crippen molar-refractivity contribution in [2.45, 2.75) is 52.8 Å². The van der Waals surface area contributed by atoms with Gasteiger partial charge in [-0.05, 0) is 26.8 Å². The third-order valence-corrected chi connectivity index (χ3v) is 2.57. The molecule has 0 spiro atoms. The fraction of sp³-hybridized carbons (Fsp3) is 0.769. The smallest absolute Gasteiger partial charge is 0.128 e. The van der Waals surface area contributed by atoms with Crippen LogP contribution >= 0.6 is 0 Å². The summed E-state index contributed by atoms with van der Waals surface area (Å²) >= 11 is 0. The molecule has 0 aliphatic heterocycles. The molecule has 1 aromatic heterocycles. The van der Waals surface area contributed by atoms with Crippen LogP contribution < -0.4 is 5.32 Å². The van der Waals surface area contributed by atoms with Gasteiger partial charge in [-0.1, -0.05) is 13.8 Å². The van der Waals surface area contributed by atoms with Gasteiger partial charge in [-0.25, -0.2) is 4.98 Å². The van der Waals surface area contributed by atoms with Crippen LogP contribution in [0.5, 0.6) is 0 Å². The van der Waals surface area contributed by atoms with Crippen LogP contribution in [0.4, 0.5) is 0 Å². The van der Waals surface area contributed by atoms with Gasteiger partial charge in [-0.3, -0.25) is 0 Å². The molecule has 0 amide bonds. The van der Waals surface area contributed by atoms with Gasteiger partial charge in [0.1, 0.15) is 5.82 Å². The first-order chi connectivity index (χ1) is 8.19. The van der Waals surface area contributed by atoms with E-state index in [1.807, 2.05) is 12.4 Å². The van der Waals surface area contributed by atoms with E-state index in [0.29, 0.717) is 6.61 Å². The SMILES string of the molecule is CCCn1ccnc1C(COC(C)C)NCC. The highest BCUT2D eigenvalue weighted by atomic mass is 16.5. The van der Waals surface area contributed by atoms with Crippen LogP contribution in [0.25, 0.3) is 0 Å². The lowest BCUT2D eigenvalue weighted by Gasteiger charge is -2.20. The summed E-state index contributed by atoms with van der Waals surface area (Å²) in [4.78, 5) is 4.45. The first-order valence-corrected chi connectivity index (χ1v) is 6.55. The minimum absolute atomic E-state index is 0.184. The van der Waals surface area contributed by atoms with Crippen molar-refractivity contribution in [3.8, 4) is 0 Å². The Hall–Kier alpha value is -0.870. The maximum atomic E-state index is 5.70. The summed E-state index contributed by atoms with van der Waals surface area (Å²) in [6, 6.07) is 0.184. The molecule has 0 fully saturated rings. The van der Waals surface area contributed by atoms with Gasteiger partial charge in [0.15, 0.2) is 0 Å². The number of likely N-dealkylation sites (N-methyl/N-ethyl adjacent to an activating group) is 1. The Morgan fingerprint density at radius 2 is 2.18 bits per heavy atom. The van der Waals surface area contributed by atoms with Gasteiger partial charge in [0, 0.05) is 18.9 Å². The summed E-state index contributed by atoms with van der Waals surface area (Å²) in [5.41, 5.74) is 0. The second-order valence-electron chi connectivity index (χ2n) is 4.47. The lowest BCUT2D eigenvalue weighted by Crippen LogP contribution is -2.29. The molecule has 0 saturated carbocycles. The molecule has 1 aromatic rings. The third-order valence-electron chi connectivity index (χ3n) is 2.57. The monoisotopic (exact) mass is 239 g/mol. The van der Waals surface area contributed by atoms with Gasteiger partial charge in [0.25, 0.3) is 0 Å². The second kappa shape index (κ2) is 7.45. The molecule has 17 heavy (non-hydrogen) atoms. The number of hydrogen-bond donors (Lipinski definition) is 1. The van der Waals surface area contributed by atoms with Crippen molar-refractivity contribution in [2.75, 3.05) is 13.2 Å². The number of nitrogens with zero attached hydrogens (tertiary/aromatic N) is 2. The number of rotatable bonds is 8. The Balaban J connectivity index is 2.70. The number of imidazole rings is 1. The largest absolute Gasteiger partial charge is 0.377 e. The van der Waals surface area contributed by atoms with Crippen molar-refractivity contribution >= 4 is 0 Å². The number of aromatic nitrogens is 2. The molecule has 98 valence electrons. The zero-order valence-electron chi connectivity index (χ0n) is 11.4. The Morgan fingerprint density at radius 1 is 1.41 bits per heavy atom. The Kier molecular flexibility index (Phi) is 6.22. The summed E-state index contributed by atoms with van der Waals surface area (Å²) in [7, 11) is 0. The van der Waals surface area contributed by atoms with Crippen molar-refractivity contribution in [3.63, 3.8) is 0 Å². The predicted octanol–water partition coefficient (Wildman–Crippen LogP) is 2.37. The summed E-state index contributed by atoms with van der Waals surface area (Å²) in [6.45, 7) is 11.0. The van der Waals surface area contributed by atoms with Gasteiger partial charge in [0.05, 0.1) is 18.8 Å². The molecule has 1 unspecified atom stereocenters. The first-order valence-electron chi connectivity index (χ1n) is 6.55. The molecular formula is C13H25N3O. The molecular weight excluding hydrogens is 214 g/mol. The molecule has 0 aliphatic carbocycles. The minimum atomic E-state index is 0.184. The number of ether oxygens (including phenoxy) is 1. The lowest BCUT2D eigenvalue weighted by atomic mass is 10.2. The van der Waals surface area contributed by atoms with Gasteiger partial charge in [-0.2, -0.15) is 0 Å². The van der Waals surface area contributed by atoms with Crippen LogP contribution in [0.15, 0.2) is 12.4 Å². The maximum absolute atomic E-state index is 5.70. The number of nitrogens with one attached hydrogen (secondary N) is 1. The first kappa shape index (κ1) is 14.2. The molecule has 0 bridgehead atoms. The van der Waals surface area contributed by atoms with E-state index < -0.39 is 0 Å². The van der Waals surface area contributed by atoms with Crippen molar-refractivity contribution < 1.29 is 4.74 Å². The van der Waals surface area contributed by atoms with Crippen LogP contribution in [-0.2, 0) is 11.3 Å². The van der Waals surface area contributed by atoms with Crippen LogP contribution in [0.2, 0.25) is 0 Å². The van der Waals surface area contributed by atoms with Crippen molar-refractivity contribution in [1.82, 2.24) is 14.9 Å². The highest BCUT2D eigenvalue weighted by molar-refractivity contribution is 4.99. The third kappa shape index (κ3) is 4.48. The molecule has 0 radical (unpaired) electrons. The quantitative estimate of drug-likeness (QED) is 0.757. The molecule has 1 heterocycles. The predicted molar refractivity (Wildman–Crippen MR) is 70.0 cm³/mol. The van der Waals surface area contributed by atoms with Gasteiger partial charge >= 0.3 is 0 Å². The Labute approximate surface area is 104 Å². The Morgan fingerprint density at radius 3 is 2.76 bits per heavy atom. The number of hydrogen-bond acceptors (Lipinski definition) is 3. The topological polar surface area (TPSA) is 39.1 Å². The van der Waals surface area contributed by atoms with Crippen molar-refractivity contribution in [3.05, 3.63) is 18.2 Å². The molecule has 4 heteroatoms. The average Bonchev–Trinajstić information content (AvgIpc) is 2.73. The highest BCUT2D eigenvalue weighted by Crippen LogP contribution is 2.13. The average molecular weight is 239 g/mol. The maximum Gasteiger partial charge on any atom is 0.128 e. The molecule has 0 aromatic carbocycles. The number of aryl methyl sites for hydroxylation is 1. The normalized spacial score (nSPS) is 13.2. The zero-order valence-corrected chi connectivity index (χ0v) is 11.4. The zero-order chi connectivity index (χ0) is 12.7. The molecule has 1 rings (SSSR count). The lowest BCUT2D eigenvalue weighted by molar-refractivity contribution is 0.0590. The second-order valence-corrected chi connectivity index (χ2v) is 4.47. The minimum Gasteiger partial charge on any atom is -0.377 e. The summed E-state index contributed by atoms with van der Waals surface area (Å²) < 4.78 is 7.90. The van der Waals surface area contributed by atoms with Crippen LogP contribution in [-0.4, -0.2) is 28.8 Å².